The van der Waals surface area contributed by atoms with Crippen LogP contribution in [0.5, 0.6) is 0 Å². The van der Waals surface area contributed by atoms with Gasteiger partial charge in [0.15, 0.2) is 0 Å². The fraction of sp³-hybridized carbons (Fsp3) is 0.435. The molecule has 2 fully saturated rings. The first-order chi connectivity index (χ1) is 14.2. The van der Waals surface area contributed by atoms with E-state index in [0.717, 1.165) is 35.3 Å². The van der Waals surface area contributed by atoms with Crippen molar-refractivity contribution in [3.63, 3.8) is 0 Å². The number of nitrogens with one attached hydrogen (secondary N) is 1. The van der Waals surface area contributed by atoms with Crippen LogP contribution in [0.3, 0.4) is 0 Å². The van der Waals surface area contributed by atoms with Crippen molar-refractivity contribution in [2.24, 2.45) is 0 Å². The second-order valence-corrected chi connectivity index (χ2v) is 9.39. The predicted octanol–water partition coefficient (Wildman–Crippen LogP) is 4.96. The molecule has 0 spiro atoms. The van der Waals surface area contributed by atoms with Gasteiger partial charge in [-0.3, -0.25) is 0 Å². The summed E-state index contributed by atoms with van der Waals surface area (Å²) in [7, 11) is 2.21. The number of thiazole rings is 1. The summed E-state index contributed by atoms with van der Waals surface area (Å²) in [5.74, 6) is 1.27. The Morgan fingerprint density at radius 3 is 2.66 bits per heavy atom. The van der Waals surface area contributed by atoms with Crippen LogP contribution in [0.4, 0.5) is 5.95 Å². The van der Waals surface area contributed by atoms with Crippen molar-refractivity contribution in [3.05, 3.63) is 47.1 Å². The van der Waals surface area contributed by atoms with Gasteiger partial charge in [0.05, 0.1) is 21.3 Å². The number of hydrogen-bond acceptors (Lipinski definition) is 6. The third kappa shape index (κ3) is 4.19. The van der Waals surface area contributed by atoms with Crippen molar-refractivity contribution in [1.82, 2.24) is 19.9 Å². The normalized spacial score (nSPS) is 18.1. The average Bonchev–Trinajstić information content (AvgIpc) is 3.43. The van der Waals surface area contributed by atoms with E-state index in [4.69, 9.17) is 9.97 Å². The summed E-state index contributed by atoms with van der Waals surface area (Å²) in [5.41, 5.74) is 4.45. The molecule has 5 nitrogen and oxygen atoms in total. The number of piperidine rings is 1. The van der Waals surface area contributed by atoms with Crippen molar-refractivity contribution in [2.45, 2.75) is 44.6 Å². The lowest BCUT2D eigenvalue weighted by atomic mass is 9.98. The van der Waals surface area contributed by atoms with Gasteiger partial charge in [-0.25, -0.2) is 15.0 Å². The van der Waals surface area contributed by atoms with Gasteiger partial charge in [-0.2, -0.15) is 0 Å². The van der Waals surface area contributed by atoms with Crippen molar-refractivity contribution in [1.29, 1.82) is 0 Å². The van der Waals surface area contributed by atoms with Gasteiger partial charge in [0.25, 0.3) is 0 Å². The minimum Gasteiger partial charge on any atom is -0.351 e. The zero-order valence-corrected chi connectivity index (χ0v) is 17.9. The zero-order chi connectivity index (χ0) is 19.8. The van der Waals surface area contributed by atoms with E-state index in [1.54, 1.807) is 0 Å². The molecule has 1 aliphatic heterocycles. The molecule has 6 heteroatoms. The summed E-state index contributed by atoms with van der Waals surface area (Å²) in [6.07, 6.45) is 6.64. The molecule has 0 amide bonds. The van der Waals surface area contributed by atoms with Crippen LogP contribution in [0.2, 0.25) is 0 Å². The minimum absolute atomic E-state index is 0.540. The zero-order valence-electron chi connectivity index (χ0n) is 17.1. The lowest BCUT2D eigenvalue weighted by molar-refractivity contribution is 0.255. The van der Waals surface area contributed by atoms with Gasteiger partial charge in [-0.1, -0.05) is 23.8 Å². The monoisotopic (exact) mass is 405 g/mol. The molecule has 0 radical (unpaired) electrons. The highest BCUT2D eigenvalue weighted by atomic mass is 32.1. The fourth-order valence-corrected chi connectivity index (χ4v) is 5.12. The maximum Gasteiger partial charge on any atom is 0.223 e. The molecule has 0 bridgehead atoms. The van der Waals surface area contributed by atoms with Crippen molar-refractivity contribution in [3.8, 4) is 21.8 Å². The second kappa shape index (κ2) is 7.84. The number of hydrogen-bond donors (Lipinski definition) is 1. The Kier molecular flexibility index (Phi) is 5.06. The van der Waals surface area contributed by atoms with Gasteiger partial charge >= 0.3 is 0 Å². The maximum absolute atomic E-state index is 5.17. The van der Waals surface area contributed by atoms with Gasteiger partial charge in [0.1, 0.15) is 0 Å². The van der Waals surface area contributed by atoms with E-state index in [0.29, 0.717) is 12.0 Å². The molecule has 1 saturated heterocycles. The molecular weight excluding hydrogens is 378 g/mol. The fourth-order valence-electron chi connectivity index (χ4n) is 3.89. The van der Waals surface area contributed by atoms with Crippen LogP contribution in [-0.2, 0) is 0 Å². The Bertz CT molecular complexity index is 1000. The molecule has 1 aliphatic carbocycles. The first-order valence-corrected chi connectivity index (χ1v) is 11.3. The molecule has 150 valence electrons. The number of anilines is 1. The van der Waals surface area contributed by atoms with E-state index in [2.05, 4.69) is 53.4 Å². The highest BCUT2D eigenvalue weighted by Gasteiger charge is 2.26. The summed E-state index contributed by atoms with van der Waals surface area (Å²) in [4.78, 5) is 18.0. The third-order valence-corrected chi connectivity index (χ3v) is 7.04. The number of benzene rings is 1. The predicted molar refractivity (Wildman–Crippen MR) is 119 cm³/mol. The molecule has 1 N–H and O–H groups in total. The molecule has 29 heavy (non-hydrogen) atoms. The Morgan fingerprint density at radius 1 is 1.07 bits per heavy atom. The van der Waals surface area contributed by atoms with Crippen molar-refractivity contribution >= 4 is 17.3 Å². The lowest BCUT2D eigenvalue weighted by Gasteiger charge is -2.27. The summed E-state index contributed by atoms with van der Waals surface area (Å²) < 4.78 is 0. The number of aryl methyl sites for hydroxylation is 1. The van der Waals surface area contributed by atoms with Gasteiger partial charge in [0, 0.05) is 23.7 Å². The van der Waals surface area contributed by atoms with E-state index >= 15 is 0 Å². The van der Waals surface area contributed by atoms with E-state index in [1.165, 1.54) is 41.8 Å². The lowest BCUT2D eigenvalue weighted by Crippen LogP contribution is -2.29. The first kappa shape index (κ1) is 18.7. The Labute approximate surface area is 176 Å². The van der Waals surface area contributed by atoms with E-state index in [1.807, 2.05) is 23.6 Å². The number of rotatable bonds is 5. The highest BCUT2D eigenvalue weighted by molar-refractivity contribution is 7.15. The topological polar surface area (TPSA) is 53.9 Å². The molecule has 1 aromatic carbocycles. The van der Waals surface area contributed by atoms with Gasteiger partial charge in [-0.15, -0.1) is 11.3 Å². The van der Waals surface area contributed by atoms with Crippen LogP contribution in [0.15, 0.2) is 36.5 Å². The smallest absolute Gasteiger partial charge is 0.223 e. The van der Waals surface area contributed by atoms with Crippen LogP contribution >= 0.6 is 11.3 Å². The van der Waals surface area contributed by atoms with E-state index in [-0.39, 0.29) is 0 Å². The number of likely N-dealkylation sites (tertiary alicyclic amines) is 1. The van der Waals surface area contributed by atoms with Gasteiger partial charge in [0.2, 0.25) is 5.95 Å². The molecule has 2 aliphatic rings. The summed E-state index contributed by atoms with van der Waals surface area (Å²) in [5, 5.41) is 4.68. The number of aromatic nitrogens is 3. The Morgan fingerprint density at radius 2 is 1.90 bits per heavy atom. The summed E-state index contributed by atoms with van der Waals surface area (Å²) >= 11 is 1.82. The van der Waals surface area contributed by atoms with Crippen molar-refractivity contribution in [2.75, 3.05) is 25.5 Å². The summed E-state index contributed by atoms with van der Waals surface area (Å²) in [6.45, 7) is 4.42. The third-order valence-electron chi connectivity index (χ3n) is 5.80. The van der Waals surface area contributed by atoms with Gasteiger partial charge in [-0.05, 0) is 64.9 Å². The molecule has 3 heterocycles. The molecule has 3 aromatic rings. The first-order valence-electron chi connectivity index (χ1n) is 10.5. The van der Waals surface area contributed by atoms with Crippen LogP contribution < -0.4 is 5.32 Å². The molecule has 5 rings (SSSR count). The average molecular weight is 406 g/mol. The molecule has 0 atom stereocenters. The quantitative estimate of drug-likeness (QED) is 0.650. The highest BCUT2D eigenvalue weighted by Crippen LogP contribution is 2.41. The van der Waals surface area contributed by atoms with Crippen LogP contribution in [0, 0.1) is 6.92 Å². The maximum atomic E-state index is 5.17. The Hall–Kier alpha value is -2.31. The largest absolute Gasteiger partial charge is 0.351 e. The van der Waals surface area contributed by atoms with Crippen molar-refractivity contribution < 1.29 is 0 Å². The van der Waals surface area contributed by atoms with Crippen LogP contribution in [0.1, 0.15) is 42.2 Å². The minimum atomic E-state index is 0.540. The number of nitrogens with zero attached hydrogens (tertiary/aromatic N) is 4. The van der Waals surface area contributed by atoms with E-state index < -0.39 is 0 Å². The molecule has 1 saturated carbocycles. The van der Waals surface area contributed by atoms with E-state index in [9.17, 15) is 0 Å². The van der Waals surface area contributed by atoms with Crippen LogP contribution in [-0.4, -0.2) is 46.0 Å². The summed E-state index contributed by atoms with van der Waals surface area (Å²) in [6, 6.07) is 11.2. The molecule has 2 aromatic heterocycles. The second-order valence-electron chi connectivity index (χ2n) is 8.36. The SMILES string of the molecule is Cc1cccc(-c2nc(C3CCN(C)CC3)sc2-c2ccnc(NC3CC3)n2)c1. The molecule has 0 unspecified atom stereocenters. The Balaban J connectivity index is 1.55. The molecular formula is C23H27N5S. The standard InChI is InChI=1S/C23H27N5S/c1-15-4-3-5-17(14-15)20-21(19-8-11-24-23(26-19)25-18-6-7-18)29-22(27-20)16-9-12-28(2)13-10-16/h3-5,8,11,14,16,18H,6-7,9-10,12-13H2,1-2H3,(H,24,25,26). The van der Waals surface area contributed by atoms with Gasteiger partial charge < -0.3 is 10.2 Å². The van der Waals surface area contributed by atoms with Crippen LogP contribution in [0.25, 0.3) is 21.8 Å².